The van der Waals surface area contributed by atoms with E-state index >= 15 is 0 Å². The van der Waals surface area contributed by atoms with Crippen LogP contribution >= 0.6 is 22.6 Å². The third kappa shape index (κ3) is 9.77. The molecule has 4 nitrogen and oxygen atoms in total. The molecule has 3 unspecified atom stereocenters. The highest BCUT2D eigenvalue weighted by atomic mass is 127. The Bertz CT molecular complexity index is 141. The van der Waals surface area contributed by atoms with E-state index in [1.807, 2.05) is 6.92 Å². The number of hydrogen-bond donors (Lipinski definition) is 2. The summed E-state index contributed by atoms with van der Waals surface area (Å²) in [6, 6.07) is 0. The van der Waals surface area contributed by atoms with Crippen molar-refractivity contribution in [2.45, 2.75) is 17.8 Å². The maximum Gasteiger partial charge on any atom is 0.0606 e. The van der Waals surface area contributed by atoms with Gasteiger partial charge in [-0.15, -0.1) is 0 Å². The largest absolute Gasteiger partial charge is 0.396 e. The average molecular weight is 346 g/mol. The maximum absolute atomic E-state index is 8.80. The van der Waals surface area contributed by atoms with E-state index in [4.69, 9.17) is 19.7 Å². The highest BCUT2D eigenvalue weighted by Crippen LogP contribution is 2.03. The van der Waals surface area contributed by atoms with Crippen LogP contribution in [-0.2, 0) is 9.47 Å². The lowest BCUT2D eigenvalue weighted by atomic mass is 10.2. The summed E-state index contributed by atoms with van der Waals surface area (Å²) < 4.78 is 11.0. The quantitative estimate of drug-likeness (QED) is 0.459. The van der Waals surface area contributed by atoms with Gasteiger partial charge < -0.3 is 19.7 Å². The molecule has 0 saturated heterocycles. The molecule has 5 heteroatoms. The van der Waals surface area contributed by atoms with Crippen molar-refractivity contribution in [3.05, 3.63) is 0 Å². The number of hydrogen-bond acceptors (Lipinski definition) is 4. The van der Waals surface area contributed by atoms with Crippen LogP contribution in [0.2, 0.25) is 0 Å². The van der Waals surface area contributed by atoms with Gasteiger partial charge in [-0.3, -0.25) is 0 Å². The van der Waals surface area contributed by atoms with E-state index in [1.54, 1.807) is 0 Å². The smallest absolute Gasteiger partial charge is 0.0606 e. The highest BCUT2D eigenvalue weighted by molar-refractivity contribution is 14.1. The zero-order valence-corrected chi connectivity index (χ0v) is 12.2. The Balaban J connectivity index is 3.34. The van der Waals surface area contributed by atoms with Gasteiger partial charge in [0.15, 0.2) is 0 Å². The summed E-state index contributed by atoms with van der Waals surface area (Å²) in [7, 11) is 0. The molecule has 0 amide bonds. The predicted octanol–water partition coefficient (Wildman–Crippen LogP) is 1.08. The first-order chi connectivity index (χ1) is 7.60. The van der Waals surface area contributed by atoms with Gasteiger partial charge in [0.25, 0.3) is 0 Å². The summed E-state index contributed by atoms with van der Waals surface area (Å²) >= 11 is 2.16. The van der Waals surface area contributed by atoms with Gasteiger partial charge in [-0.2, -0.15) is 0 Å². The van der Waals surface area contributed by atoms with Gasteiger partial charge in [-0.1, -0.05) is 36.4 Å². The molecular weight excluding hydrogens is 323 g/mol. The van der Waals surface area contributed by atoms with Crippen LogP contribution < -0.4 is 0 Å². The Morgan fingerprint density at radius 2 is 1.38 bits per heavy atom. The van der Waals surface area contributed by atoms with E-state index < -0.39 is 0 Å². The molecule has 0 spiro atoms. The fourth-order valence-electron chi connectivity index (χ4n) is 1.02. The van der Waals surface area contributed by atoms with Crippen molar-refractivity contribution in [1.82, 2.24) is 0 Å². The molecule has 0 aromatic carbocycles. The summed E-state index contributed by atoms with van der Waals surface area (Å²) in [5.41, 5.74) is 0. The molecule has 2 N–H and O–H groups in total. The predicted molar refractivity (Wildman–Crippen MR) is 71.9 cm³/mol. The van der Waals surface area contributed by atoms with E-state index in [9.17, 15) is 0 Å². The van der Waals surface area contributed by atoms with Crippen LogP contribution in [0.5, 0.6) is 0 Å². The lowest BCUT2D eigenvalue weighted by Gasteiger charge is -2.15. The van der Waals surface area contributed by atoms with Crippen molar-refractivity contribution < 1.29 is 19.7 Å². The number of alkyl halides is 1. The fraction of sp³-hybridized carbons (Fsp3) is 1.00. The third-order valence-corrected chi connectivity index (χ3v) is 2.77. The van der Waals surface area contributed by atoms with Gasteiger partial charge in [0.05, 0.1) is 37.0 Å². The molecule has 0 aromatic rings. The van der Waals surface area contributed by atoms with Crippen molar-refractivity contribution >= 4 is 22.6 Å². The van der Waals surface area contributed by atoms with Crippen molar-refractivity contribution in [3.63, 3.8) is 0 Å². The SMILES string of the molecule is CC(CO)COCC(C)COCC(I)CO. The normalized spacial score (nSPS) is 17.1. The molecule has 0 aliphatic carbocycles. The topological polar surface area (TPSA) is 58.9 Å². The van der Waals surface area contributed by atoms with E-state index in [0.717, 1.165) is 0 Å². The fourth-order valence-corrected chi connectivity index (χ4v) is 1.28. The second kappa shape index (κ2) is 10.7. The highest BCUT2D eigenvalue weighted by Gasteiger charge is 2.07. The number of aliphatic hydroxyl groups is 2. The van der Waals surface area contributed by atoms with Crippen LogP contribution in [0.3, 0.4) is 0 Å². The molecule has 0 heterocycles. The van der Waals surface area contributed by atoms with E-state index in [1.165, 1.54) is 0 Å². The van der Waals surface area contributed by atoms with Gasteiger partial charge >= 0.3 is 0 Å². The maximum atomic E-state index is 8.80. The Kier molecular flexibility index (Phi) is 11.1. The standard InChI is InChI=1S/C11H23IO4/c1-9(3-13)5-15-6-10(2)7-16-8-11(12)4-14/h9-11,13-14H,3-8H2,1-2H3. The van der Waals surface area contributed by atoms with E-state index in [-0.39, 0.29) is 23.1 Å². The van der Waals surface area contributed by atoms with Gasteiger partial charge in [0.2, 0.25) is 0 Å². The summed E-state index contributed by atoms with van der Waals surface area (Å²) in [5.74, 6) is 0.536. The Morgan fingerprint density at radius 3 is 1.88 bits per heavy atom. The number of halogens is 1. The van der Waals surface area contributed by atoms with E-state index in [2.05, 4.69) is 29.5 Å². The molecule has 0 radical (unpaired) electrons. The zero-order valence-electron chi connectivity index (χ0n) is 10.1. The van der Waals surface area contributed by atoms with Crippen molar-refractivity contribution in [2.75, 3.05) is 39.6 Å². The minimum atomic E-state index is 0.152. The molecule has 0 bridgehead atoms. The minimum absolute atomic E-state index is 0.152. The molecular formula is C11H23IO4. The van der Waals surface area contributed by atoms with Crippen LogP contribution in [0.4, 0.5) is 0 Å². The molecule has 0 rings (SSSR count). The number of rotatable bonds is 10. The second-order valence-electron chi connectivity index (χ2n) is 4.25. The first-order valence-corrected chi connectivity index (χ1v) is 6.86. The molecule has 0 aliphatic rings. The van der Waals surface area contributed by atoms with Crippen molar-refractivity contribution in [1.29, 1.82) is 0 Å². The third-order valence-electron chi connectivity index (χ3n) is 2.02. The van der Waals surface area contributed by atoms with Gasteiger partial charge in [0, 0.05) is 18.4 Å². The zero-order chi connectivity index (χ0) is 12.4. The Labute approximate surface area is 111 Å². The molecule has 0 fully saturated rings. The van der Waals surface area contributed by atoms with Crippen LogP contribution in [0, 0.1) is 11.8 Å². The summed E-state index contributed by atoms with van der Waals surface area (Å²) in [6.45, 7) is 6.79. The molecule has 0 saturated carbocycles. The number of ether oxygens (including phenoxy) is 2. The second-order valence-corrected chi connectivity index (χ2v) is 6.01. The summed E-state index contributed by atoms with van der Waals surface area (Å²) in [4.78, 5) is 0. The lowest BCUT2D eigenvalue weighted by Crippen LogP contribution is -2.20. The van der Waals surface area contributed by atoms with Crippen LogP contribution in [0.25, 0.3) is 0 Å². The van der Waals surface area contributed by atoms with Gasteiger partial charge in [-0.25, -0.2) is 0 Å². The van der Waals surface area contributed by atoms with Gasteiger partial charge in [-0.05, 0) is 0 Å². The first kappa shape index (κ1) is 16.6. The molecule has 16 heavy (non-hydrogen) atoms. The lowest BCUT2D eigenvalue weighted by molar-refractivity contribution is 0.0258. The molecule has 0 aliphatic heterocycles. The van der Waals surface area contributed by atoms with Gasteiger partial charge in [0.1, 0.15) is 0 Å². The first-order valence-electron chi connectivity index (χ1n) is 5.61. The van der Waals surface area contributed by atoms with Crippen LogP contribution in [0.1, 0.15) is 13.8 Å². The van der Waals surface area contributed by atoms with Crippen molar-refractivity contribution in [3.8, 4) is 0 Å². The minimum Gasteiger partial charge on any atom is -0.396 e. The monoisotopic (exact) mass is 346 g/mol. The average Bonchev–Trinajstić information content (AvgIpc) is 2.28. The molecule has 3 atom stereocenters. The van der Waals surface area contributed by atoms with Crippen LogP contribution in [0.15, 0.2) is 0 Å². The number of aliphatic hydroxyl groups excluding tert-OH is 2. The summed E-state index contributed by atoms with van der Waals surface area (Å²) in [5, 5.41) is 17.6. The van der Waals surface area contributed by atoms with Crippen molar-refractivity contribution in [2.24, 2.45) is 11.8 Å². The Hall–Kier alpha value is 0.570. The van der Waals surface area contributed by atoms with Crippen LogP contribution in [-0.4, -0.2) is 53.8 Å². The van der Waals surface area contributed by atoms with E-state index in [0.29, 0.717) is 32.3 Å². The Morgan fingerprint density at radius 1 is 0.875 bits per heavy atom. The molecule has 98 valence electrons. The summed E-state index contributed by atoms with van der Waals surface area (Å²) in [6.07, 6.45) is 0. The molecule has 0 aromatic heterocycles.